The van der Waals surface area contributed by atoms with Crippen molar-refractivity contribution in [3.8, 4) is 5.75 Å². The molecule has 0 spiro atoms. The number of nitrogens with one attached hydrogen (secondary N) is 1. The quantitative estimate of drug-likeness (QED) is 0.876. The maximum absolute atomic E-state index is 12.1. The summed E-state index contributed by atoms with van der Waals surface area (Å²) >= 11 is 0. The van der Waals surface area contributed by atoms with Crippen molar-refractivity contribution in [2.75, 3.05) is 0 Å². The molecule has 0 radical (unpaired) electrons. The van der Waals surface area contributed by atoms with Crippen LogP contribution in [0.1, 0.15) is 31.1 Å². The van der Waals surface area contributed by atoms with Crippen LogP contribution in [0.4, 0.5) is 8.78 Å². The fourth-order valence-electron chi connectivity index (χ4n) is 1.68. The van der Waals surface area contributed by atoms with E-state index in [-0.39, 0.29) is 11.3 Å². The molecule has 1 aromatic carbocycles. The Morgan fingerprint density at radius 2 is 1.90 bits per heavy atom. The van der Waals surface area contributed by atoms with Gasteiger partial charge in [0.2, 0.25) is 0 Å². The highest BCUT2D eigenvalue weighted by Gasteiger charge is 2.32. The molecule has 0 bridgehead atoms. The molecule has 1 amide bonds. The van der Waals surface area contributed by atoms with Crippen molar-refractivity contribution in [1.29, 1.82) is 0 Å². The molecule has 1 atom stereocenters. The fraction of sp³-hybridized carbons (Fsp3) is 0.429. The first-order chi connectivity index (χ1) is 9.61. The summed E-state index contributed by atoms with van der Waals surface area (Å²) in [6.45, 7) is 2.01. The van der Waals surface area contributed by atoms with Gasteiger partial charge in [0.1, 0.15) is 11.8 Å². The summed E-state index contributed by atoms with van der Waals surface area (Å²) in [4.78, 5) is 23.2. The number of rotatable bonds is 5. The molecule has 0 unspecified atom stereocenters. The average Bonchev–Trinajstić information content (AvgIpc) is 2.33. The molecule has 21 heavy (non-hydrogen) atoms. The first-order valence-electron chi connectivity index (χ1n) is 6.20. The third kappa shape index (κ3) is 5.02. The zero-order valence-electron chi connectivity index (χ0n) is 11.9. The van der Waals surface area contributed by atoms with E-state index in [1.54, 1.807) is 20.8 Å². The highest BCUT2D eigenvalue weighted by Crippen LogP contribution is 2.21. The molecule has 0 heterocycles. The average molecular weight is 301 g/mol. The Morgan fingerprint density at radius 3 is 2.38 bits per heavy atom. The summed E-state index contributed by atoms with van der Waals surface area (Å²) < 4.78 is 28.4. The third-order valence-electron chi connectivity index (χ3n) is 2.71. The molecule has 0 aliphatic rings. The van der Waals surface area contributed by atoms with Crippen molar-refractivity contribution in [3.63, 3.8) is 0 Å². The van der Waals surface area contributed by atoms with E-state index in [0.29, 0.717) is 0 Å². The standard InChI is InChI=1S/C14H17F2NO4/c1-14(2,3)10(12(19)20)17-11(18)8-5-4-6-9(7-8)21-13(15)16/h4-7,10,13H,1-3H3,(H,17,18)(H,19,20)/t10-/m1/s1. The lowest BCUT2D eigenvalue weighted by Gasteiger charge is -2.27. The van der Waals surface area contributed by atoms with E-state index in [2.05, 4.69) is 10.1 Å². The molecule has 116 valence electrons. The second-order valence-corrected chi connectivity index (χ2v) is 5.52. The predicted octanol–water partition coefficient (Wildman–Crippen LogP) is 2.52. The third-order valence-corrected chi connectivity index (χ3v) is 2.71. The van der Waals surface area contributed by atoms with Crippen LogP contribution in [0.2, 0.25) is 0 Å². The van der Waals surface area contributed by atoms with Gasteiger partial charge in [-0.1, -0.05) is 26.8 Å². The number of ether oxygens (including phenoxy) is 1. The Bertz CT molecular complexity index is 526. The Kier molecular flexibility index (Phi) is 5.23. The minimum absolute atomic E-state index is 0.0450. The van der Waals surface area contributed by atoms with Crippen LogP contribution in [0.15, 0.2) is 24.3 Å². The van der Waals surface area contributed by atoms with Crippen molar-refractivity contribution in [2.45, 2.75) is 33.4 Å². The van der Waals surface area contributed by atoms with E-state index >= 15 is 0 Å². The van der Waals surface area contributed by atoms with Gasteiger partial charge in [-0.05, 0) is 23.6 Å². The van der Waals surface area contributed by atoms with Crippen LogP contribution >= 0.6 is 0 Å². The van der Waals surface area contributed by atoms with Crippen molar-refractivity contribution in [3.05, 3.63) is 29.8 Å². The largest absolute Gasteiger partial charge is 0.480 e. The number of carbonyl (C=O) groups is 2. The monoisotopic (exact) mass is 301 g/mol. The van der Waals surface area contributed by atoms with Gasteiger partial charge in [-0.15, -0.1) is 0 Å². The van der Waals surface area contributed by atoms with Crippen molar-refractivity contribution < 1.29 is 28.2 Å². The number of alkyl halides is 2. The first-order valence-corrected chi connectivity index (χ1v) is 6.20. The molecule has 2 N–H and O–H groups in total. The zero-order valence-corrected chi connectivity index (χ0v) is 11.9. The van der Waals surface area contributed by atoms with Crippen LogP contribution in [0.25, 0.3) is 0 Å². The second kappa shape index (κ2) is 6.51. The molecular weight excluding hydrogens is 284 g/mol. The number of amides is 1. The highest BCUT2D eigenvalue weighted by atomic mass is 19.3. The second-order valence-electron chi connectivity index (χ2n) is 5.52. The summed E-state index contributed by atoms with van der Waals surface area (Å²) in [5.41, 5.74) is -0.651. The molecule has 0 aliphatic heterocycles. The number of benzene rings is 1. The molecule has 1 aromatic rings. The van der Waals surface area contributed by atoms with E-state index in [0.717, 1.165) is 6.07 Å². The predicted molar refractivity (Wildman–Crippen MR) is 71.4 cm³/mol. The number of hydrogen-bond donors (Lipinski definition) is 2. The van der Waals surface area contributed by atoms with Gasteiger partial charge in [-0.3, -0.25) is 4.79 Å². The minimum Gasteiger partial charge on any atom is -0.480 e. The summed E-state index contributed by atoms with van der Waals surface area (Å²) in [6.07, 6.45) is 0. The molecule has 0 fully saturated rings. The lowest BCUT2D eigenvalue weighted by Crippen LogP contribution is -2.49. The SMILES string of the molecule is CC(C)(C)[C@H](NC(=O)c1cccc(OC(F)F)c1)C(=O)O. The number of carboxylic acids is 1. The number of aliphatic carboxylic acids is 1. The first kappa shape index (κ1) is 16.9. The Morgan fingerprint density at radius 1 is 1.29 bits per heavy atom. The number of halogens is 2. The highest BCUT2D eigenvalue weighted by molar-refractivity contribution is 5.97. The maximum atomic E-state index is 12.1. The van der Waals surface area contributed by atoms with Crippen LogP contribution in [0.3, 0.4) is 0 Å². The summed E-state index contributed by atoms with van der Waals surface area (Å²) in [5, 5.41) is 11.5. The van der Waals surface area contributed by atoms with Crippen LogP contribution in [0, 0.1) is 5.41 Å². The van der Waals surface area contributed by atoms with Gasteiger partial charge >= 0.3 is 12.6 Å². The van der Waals surface area contributed by atoms with E-state index in [9.17, 15) is 18.4 Å². The maximum Gasteiger partial charge on any atom is 0.387 e. The van der Waals surface area contributed by atoms with Crippen LogP contribution in [-0.4, -0.2) is 29.6 Å². The van der Waals surface area contributed by atoms with Crippen molar-refractivity contribution >= 4 is 11.9 Å². The van der Waals surface area contributed by atoms with Crippen LogP contribution in [0.5, 0.6) is 5.75 Å². The molecule has 7 heteroatoms. The van der Waals surface area contributed by atoms with E-state index < -0.39 is 29.9 Å². The van der Waals surface area contributed by atoms with E-state index in [4.69, 9.17) is 5.11 Å². The zero-order chi connectivity index (χ0) is 16.2. The molecule has 0 saturated heterocycles. The van der Waals surface area contributed by atoms with Crippen LogP contribution in [-0.2, 0) is 4.79 Å². The molecule has 0 saturated carbocycles. The van der Waals surface area contributed by atoms with Gasteiger partial charge in [-0.2, -0.15) is 8.78 Å². The molecule has 1 rings (SSSR count). The molecule has 0 aromatic heterocycles. The van der Waals surface area contributed by atoms with E-state index in [1.165, 1.54) is 18.2 Å². The topological polar surface area (TPSA) is 75.6 Å². The summed E-state index contributed by atoms with van der Waals surface area (Å²) in [7, 11) is 0. The fourth-order valence-corrected chi connectivity index (χ4v) is 1.68. The van der Waals surface area contributed by atoms with Crippen molar-refractivity contribution in [2.24, 2.45) is 5.41 Å². The number of carbonyl (C=O) groups excluding carboxylic acids is 1. The number of carboxylic acid groups (broad SMARTS) is 1. The van der Waals surface area contributed by atoms with Gasteiger partial charge in [0.25, 0.3) is 5.91 Å². The minimum atomic E-state index is -3.00. The van der Waals surface area contributed by atoms with Gasteiger partial charge in [-0.25, -0.2) is 4.79 Å². The lowest BCUT2D eigenvalue weighted by atomic mass is 9.86. The van der Waals surface area contributed by atoms with Gasteiger partial charge < -0.3 is 15.2 Å². The van der Waals surface area contributed by atoms with Crippen LogP contribution < -0.4 is 10.1 Å². The molecule has 5 nitrogen and oxygen atoms in total. The smallest absolute Gasteiger partial charge is 0.387 e. The number of hydrogen-bond acceptors (Lipinski definition) is 3. The molecule has 0 aliphatic carbocycles. The van der Waals surface area contributed by atoms with Gasteiger partial charge in [0.05, 0.1) is 0 Å². The van der Waals surface area contributed by atoms with Gasteiger partial charge in [0, 0.05) is 5.56 Å². The van der Waals surface area contributed by atoms with E-state index in [1.807, 2.05) is 0 Å². The van der Waals surface area contributed by atoms with Gasteiger partial charge in [0.15, 0.2) is 0 Å². The summed E-state index contributed by atoms with van der Waals surface area (Å²) in [5.74, 6) is -2.01. The summed E-state index contributed by atoms with van der Waals surface area (Å²) in [6, 6.07) is 4.06. The Labute approximate surface area is 120 Å². The Balaban J connectivity index is 2.90. The molecular formula is C14H17F2NO4. The van der Waals surface area contributed by atoms with Crippen molar-refractivity contribution in [1.82, 2.24) is 5.32 Å². The Hall–Kier alpha value is -2.18. The lowest BCUT2D eigenvalue weighted by molar-refractivity contribution is -0.142. The normalized spacial score (nSPS) is 12.9.